The van der Waals surface area contributed by atoms with Gasteiger partial charge in [-0.2, -0.15) is 0 Å². The highest BCUT2D eigenvalue weighted by molar-refractivity contribution is 6.34. The van der Waals surface area contributed by atoms with E-state index in [0.29, 0.717) is 27.8 Å². The van der Waals surface area contributed by atoms with Crippen LogP contribution in [0.25, 0.3) is 5.69 Å². The molecule has 90 valence electrons. The maximum absolute atomic E-state index is 9.63. The first-order chi connectivity index (χ1) is 8.10. The Hall–Kier alpha value is -1.10. The minimum Gasteiger partial charge on any atom is -0.387 e. The number of aliphatic hydroxyl groups excluding tert-OH is 1. The van der Waals surface area contributed by atoms with Gasteiger partial charge in [-0.05, 0) is 24.6 Å². The van der Waals surface area contributed by atoms with Crippen LogP contribution in [0.2, 0.25) is 10.0 Å². The van der Waals surface area contributed by atoms with Crippen LogP contribution in [0.5, 0.6) is 0 Å². The van der Waals surface area contributed by atoms with E-state index in [1.54, 1.807) is 24.4 Å². The molecule has 1 unspecified atom stereocenters. The lowest BCUT2D eigenvalue weighted by Gasteiger charge is -2.02. The van der Waals surface area contributed by atoms with Crippen LogP contribution in [0.1, 0.15) is 25.1 Å². The molecule has 1 atom stereocenters. The lowest BCUT2D eigenvalue weighted by molar-refractivity contribution is 0.169. The highest BCUT2D eigenvalue weighted by Gasteiger charge is 2.10. The fraction of sp³-hybridized carbons (Fsp3) is 0.273. The summed E-state index contributed by atoms with van der Waals surface area (Å²) in [6.07, 6.45) is 1.66. The van der Waals surface area contributed by atoms with E-state index in [4.69, 9.17) is 23.2 Å². The molecule has 1 N–H and O–H groups in total. The van der Waals surface area contributed by atoms with Gasteiger partial charge in [0, 0.05) is 10.0 Å². The van der Waals surface area contributed by atoms with Crippen LogP contribution < -0.4 is 0 Å². The molecule has 0 saturated carbocycles. The minimum absolute atomic E-state index is 0.528. The van der Waals surface area contributed by atoms with Crippen LogP contribution >= 0.6 is 23.2 Å². The number of benzene rings is 1. The van der Waals surface area contributed by atoms with Gasteiger partial charge < -0.3 is 5.11 Å². The Morgan fingerprint density at radius 1 is 1.29 bits per heavy atom. The molecular weight excluding hydrogens is 261 g/mol. The molecule has 1 aromatic heterocycles. The number of rotatable bonds is 3. The number of nitrogens with zero attached hydrogens (tertiary/aromatic N) is 3. The van der Waals surface area contributed by atoms with Crippen molar-refractivity contribution in [2.45, 2.75) is 19.4 Å². The first kappa shape index (κ1) is 12.4. The Kier molecular flexibility index (Phi) is 3.66. The highest BCUT2D eigenvalue weighted by atomic mass is 35.5. The predicted molar refractivity (Wildman–Crippen MR) is 66.6 cm³/mol. The Balaban J connectivity index is 2.36. The third-order valence-corrected chi connectivity index (χ3v) is 2.79. The van der Waals surface area contributed by atoms with E-state index in [-0.39, 0.29) is 0 Å². The third kappa shape index (κ3) is 2.77. The van der Waals surface area contributed by atoms with Gasteiger partial charge in [-0.25, -0.2) is 4.68 Å². The molecule has 0 fully saturated rings. The summed E-state index contributed by atoms with van der Waals surface area (Å²) in [5, 5.41) is 18.5. The van der Waals surface area contributed by atoms with Gasteiger partial charge in [0.2, 0.25) is 0 Å². The topological polar surface area (TPSA) is 50.9 Å². The number of halogens is 2. The van der Waals surface area contributed by atoms with Gasteiger partial charge in [0.25, 0.3) is 0 Å². The van der Waals surface area contributed by atoms with Crippen LogP contribution in [0.15, 0.2) is 24.4 Å². The van der Waals surface area contributed by atoms with Crippen molar-refractivity contribution in [3.63, 3.8) is 0 Å². The van der Waals surface area contributed by atoms with Crippen molar-refractivity contribution in [3.05, 3.63) is 40.1 Å². The van der Waals surface area contributed by atoms with Crippen molar-refractivity contribution < 1.29 is 5.11 Å². The summed E-state index contributed by atoms with van der Waals surface area (Å²) in [7, 11) is 0. The molecular formula is C11H11Cl2N3O. The summed E-state index contributed by atoms with van der Waals surface area (Å²) < 4.78 is 1.53. The third-order valence-electron chi connectivity index (χ3n) is 2.35. The second-order valence-electron chi connectivity index (χ2n) is 3.64. The minimum atomic E-state index is -0.599. The first-order valence-electron chi connectivity index (χ1n) is 5.17. The molecule has 2 rings (SSSR count). The highest BCUT2D eigenvalue weighted by Crippen LogP contribution is 2.22. The molecule has 0 bridgehead atoms. The quantitative estimate of drug-likeness (QED) is 0.934. The molecule has 6 heteroatoms. The average molecular weight is 272 g/mol. The molecule has 1 aromatic carbocycles. The number of aromatic nitrogens is 3. The summed E-state index contributed by atoms with van der Waals surface area (Å²) in [4.78, 5) is 0. The van der Waals surface area contributed by atoms with E-state index in [1.165, 1.54) is 4.68 Å². The fourth-order valence-corrected chi connectivity index (χ4v) is 1.95. The largest absolute Gasteiger partial charge is 0.387 e. The second kappa shape index (κ2) is 5.04. The number of aliphatic hydroxyl groups is 1. The van der Waals surface area contributed by atoms with E-state index in [2.05, 4.69) is 10.3 Å². The Morgan fingerprint density at radius 2 is 1.94 bits per heavy atom. The summed E-state index contributed by atoms with van der Waals surface area (Å²) >= 11 is 11.8. The van der Waals surface area contributed by atoms with Crippen molar-refractivity contribution >= 4 is 23.2 Å². The van der Waals surface area contributed by atoms with Crippen LogP contribution in [0.4, 0.5) is 0 Å². The van der Waals surface area contributed by atoms with E-state index in [9.17, 15) is 5.11 Å². The van der Waals surface area contributed by atoms with Crippen molar-refractivity contribution in [2.75, 3.05) is 0 Å². The smallest absolute Gasteiger partial charge is 0.112 e. The van der Waals surface area contributed by atoms with Gasteiger partial charge >= 0.3 is 0 Å². The second-order valence-corrected chi connectivity index (χ2v) is 4.51. The van der Waals surface area contributed by atoms with E-state index < -0.39 is 6.10 Å². The number of hydrogen-bond acceptors (Lipinski definition) is 3. The van der Waals surface area contributed by atoms with Gasteiger partial charge in [0.1, 0.15) is 5.69 Å². The fourth-order valence-electron chi connectivity index (χ4n) is 1.44. The van der Waals surface area contributed by atoms with Gasteiger partial charge in [-0.15, -0.1) is 5.10 Å². The maximum Gasteiger partial charge on any atom is 0.112 e. The monoisotopic (exact) mass is 271 g/mol. The summed E-state index contributed by atoms with van der Waals surface area (Å²) in [5.74, 6) is 0. The molecule has 0 aliphatic carbocycles. The van der Waals surface area contributed by atoms with Crippen molar-refractivity contribution in [1.29, 1.82) is 0 Å². The SMILES string of the molecule is CCC(O)c1cn(-c2cc(Cl)cc(Cl)c2)nn1. The normalized spacial score (nSPS) is 12.7. The number of hydrogen-bond donors (Lipinski definition) is 1. The average Bonchev–Trinajstić information content (AvgIpc) is 2.76. The molecule has 17 heavy (non-hydrogen) atoms. The van der Waals surface area contributed by atoms with Gasteiger partial charge in [0.15, 0.2) is 0 Å². The molecule has 0 saturated heterocycles. The zero-order valence-electron chi connectivity index (χ0n) is 9.14. The van der Waals surface area contributed by atoms with Crippen molar-refractivity contribution in [2.24, 2.45) is 0 Å². The summed E-state index contributed by atoms with van der Waals surface area (Å²) in [6, 6.07) is 5.10. The molecule has 4 nitrogen and oxygen atoms in total. The molecule has 0 radical (unpaired) electrons. The van der Waals surface area contributed by atoms with E-state index >= 15 is 0 Å². The van der Waals surface area contributed by atoms with Crippen LogP contribution in [-0.2, 0) is 0 Å². The molecule has 2 aromatic rings. The Labute approximate surface area is 109 Å². The van der Waals surface area contributed by atoms with Crippen LogP contribution in [-0.4, -0.2) is 20.1 Å². The lowest BCUT2D eigenvalue weighted by Crippen LogP contribution is -1.95. The molecule has 0 spiro atoms. The predicted octanol–water partition coefficient (Wildman–Crippen LogP) is 3.02. The van der Waals surface area contributed by atoms with Crippen molar-refractivity contribution in [3.8, 4) is 5.69 Å². The Morgan fingerprint density at radius 3 is 2.53 bits per heavy atom. The van der Waals surface area contributed by atoms with Gasteiger partial charge in [-0.3, -0.25) is 0 Å². The Bertz CT molecular complexity index is 507. The van der Waals surface area contributed by atoms with Crippen LogP contribution in [0.3, 0.4) is 0 Å². The maximum atomic E-state index is 9.63. The summed E-state index contributed by atoms with van der Waals surface area (Å²) in [6.45, 7) is 1.87. The van der Waals surface area contributed by atoms with Gasteiger partial charge in [0.05, 0.1) is 18.0 Å². The molecule has 1 heterocycles. The van der Waals surface area contributed by atoms with Crippen LogP contribution in [0, 0.1) is 0 Å². The van der Waals surface area contributed by atoms with Gasteiger partial charge in [-0.1, -0.05) is 35.3 Å². The van der Waals surface area contributed by atoms with E-state index in [0.717, 1.165) is 0 Å². The van der Waals surface area contributed by atoms with Crippen molar-refractivity contribution in [1.82, 2.24) is 15.0 Å². The zero-order valence-corrected chi connectivity index (χ0v) is 10.7. The molecule has 0 aliphatic heterocycles. The van der Waals surface area contributed by atoms with E-state index in [1.807, 2.05) is 6.92 Å². The molecule has 0 amide bonds. The molecule has 0 aliphatic rings. The lowest BCUT2D eigenvalue weighted by atomic mass is 10.2. The zero-order chi connectivity index (χ0) is 12.4. The standard InChI is InChI=1S/C11H11Cl2N3O/c1-2-11(17)10-6-16(15-14-10)9-4-7(12)3-8(13)5-9/h3-6,11,17H,2H2,1H3. The summed E-state index contributed by atoms with van der Waals surface area (Å²) in [5.41, 5.74) is 1.24. The first-order valence-corrected chi connectivity index (χ1v) is 5.92.